The molecule has 3 nitrogen and oxygen atoms in total. The summed E-state index contributed by atoms with van der Waals surface area (Å²) in [5, 5.41) is 3.50. The molecule has 1 aromatic carbocycles. The van der Waals surface area contributed by atoms with Crippen molar-refractivity contribution in [3.63, 3.8) is 0 Å². The molecule has 4 heteroatoms. The molecule has 0 aliphatic heterocycles. The Hall–Kier alpha value is -0.580. The van der Waals surface area contributed by atoms with Crippen LogP contribution in [-0.4, -0.2) is 25.7 Å². The third-order valence-electron chi connectivity index (χ3n) is 3.87. The molecular formula is C15H23BrN2O. The van der Waals surface area contributed by atoms with Crippen molar-refractivity contribution in [3.05, 3.63) is 28.2 Å². The third kappa shape index (κ3) is 3.71. The van der Waals surface area contributed by atoms with Gasteiger partial charge in [0.25, 0.3) is 0 Å². The first-order valence-electron chi connectivity index (χ1n) is 6.70. The van der Waals surface area contributed by atoms with Gasteiger partial charge in [-0.1, -0.05) is 19.9 Å². The highest BCUT2D eigenvalue weighted by Crippen LogP contribution is 2.33. The van der Waals surface area contributed by atoms with Crippen LogP contribution in [0.25, 0.3) is 0 Å². The zero-order valence-electron chi connectivity index (χ0n) is 11.9. The summed E-state index contributed by atoms with van der Waals surface area (Å²) >= 11 is 3.54. The fourth-order valence-electron chi connectivity index (χ4n) is 2.15. The molecule has 2 rings (SSSR count). The van der Waals surface area contributed by atoms with Crippen LogP contribution in [0.15, 0.2) is 22.7 Å². The van der Waals surface area contributed by atoms with Crippen molar-refractivity contribution in [1.82, 2.24) is 5.32 Å². The van der Waals surface area contributed by atoms with Gasteiger partial charge in [0.15, 0.2) is 0 Å². The molecule has 0 aromatic heterocycles. The normalized spacial score (nSPS) is 17.3. The van der Waals surface area contributed by atoms with Gasteiger partial charge in [-0.3, -0.25) is 0 Å². The molecule has 106 valence electrons. The van der Waals surface area contributed by atoms with Crippen LogP contribution in [0.5, 0.6) is 5.75 Å². The fourth-order valence-corrected chi connectivity index (χ4v) is 2.69. The number of ether oxygens (including phenoxy) is 1. The Morgan fingerprint density at radius 2 is 2.11 bits per heavy atom. The van der Waals surface area contributed by atoms with Crippen LogP contribution < -0.4 is 15.8 Å². The highest BCUT2D eigenvalue weighted by Gasteiger charge is 2.37. The van der Waals surface area contributed by atoms with Crippen LogP contribution in [-0.2, 0) is 5.41 Å². The van der Waals surface area contributed by atoms with Gasteiger partial charge in [0, 0.05) is 24.0 Å². The van der Waals surface area contributed by atoms with E-state index in [2.05, 4.69) is 47.2 Å². The van der Waals surface area contributed by atoms with Crippen LogP contribution in [0.2, 0.25) is 0 Å². The third-order valence-corrected chi connectivity index (χ3v) is 4.49. The lowest BCUT2D eigenvalue weighted by Gasteiger charge is -2.27. The van der Waals surface area contributed by atoms with Crippen molar-refractivity contribution in [2.24, 2.45) is 5.73 Å². The van der Waals surface area contributed by atoms with Crippen molar-refractivity contribution < 1.29 is 4.74 Å². The molecule has 1 saturated carbocycles. The molecule has 0 bridgehead atoms. The standard InChI is InChI=1S/C15H23BrN2O/c1-14(2,9-18-10-15(17)6-7-15)11-4-5-13(19-3)12(16)8-11/h4-5,8,18H,6-7,9-10,17H2,1-3H3. The zero-order chi connectivity index (χ0) is 14.1. The van der Waals surface area contributed by atoms with Gasteiger partial charge in [-0.15, -0.1) is 0 Å². The van der Waals surface area contributed by atoms with Gasteiger partial charge >= 0.3 is 0 Å². The summed E-state index contributed by atoms with van der Waals surface area (Å²) in [4.78, 5) is 0. The lowest BCUT2D eigenvalue weighted by atomic mass is 9.84. The Morgan fingerprint density at radius 1 is 1.42 bits per heavy atom. The first kappa shape index (κ1) is 14.8. The van der Waals surface area contributed by atoms with Crippen LogP contribution in [0, 0.1) is 0 Å². The first-order chi connectivity index (χ1) is 8.86. The smallest absolute Gasteiger partial charge is 0.133 e. The van der Waals surface area contributed by atoms with E-state index in [9.17, 15) is 0 Å². The van der Waals surface area contributed by atoms with E-state index < -0.39 is 0 Å². The topological polar surface area (TPSA) is 47.3 Å². The van der Waals surface area contributed by atoms with Gasteiger partial charge in [-0.25, -0.2) is 0 Å². The summed E-state index contributed by atoms with van der Waals surface area (Å²) < 4.78 is 6.27. The molecule has 3 N–H and O–H groups in total. The number of benzene rings is 1. The summed E-state index contributed by atoms with van der Waals surface area (Å²) in [6.45, 7) is 6.31. The summed E-state index contributed by atoms with van der Waals surface area (Å²) in [6.07, 6.45) is 2.29. The fraction of sp³-hybridized carbons (Fsp3) is 0.600. The van der Waals surface area contributed by atoms with Gasteiger partial charge in [-0.2, -0.15) is 0 Å². The van der Waals surface area contributed by atoms with Crippen LogP contribution in [0.1, 0.15) is 32.3 Å². The maximum absolute atomic E-state index is 6.09. The van der Waals surface area contributed by atoms with Crippen LogP contribution >= 0.6 is 15.9 Å². The van der Waals surface area contributed by atoms with Crippen molar-refractivity contribution in [2.45, 2.75) is 37.6 Å². The van der Waals surface area contributed by atoms with E-state index in [-0.39, 0.29) is 11.0 Å². The predicted octanol–water partition coefficient (Wildman–Crippen LogP) is 2.82. The van der Waals surface area contributed by atoms with E-state index in [1.165, 1.54) is 5.56 Å². The number of hydrogen-bond donors (Lipinski definition) is 2. The molecule has 0 unspecified atom stereocenters. The van der Waals surface area contributed by atoms with Crippen LogP contribution in [0.3, 0.4) is 0 Å². The molecular weight excluding hydrogens is 304 g/mol. The molecule has 19 heavy (non-hydrogen) atoms. The quantitative estimate of drug-likeness (QED) is 0.845. The Morgan fingerprint density at radius 3 is 2.63 bits per heavy atom. The van der Waals surface area contributed by atoms with E-state index in [1.807, 2.05) is 6.07 Å². The van der Waals surface area contributed by atoms with Crippen molar-refractivity contribution in [2.75, 3.05) is 20.2 Å². The minimum absolute atomic E-state index is 0.0660. The molecule has 0 saturated heterocycles. The van der Waals surface area contributed by atoms with Crippen molar-refractivity contribution in [1.29, 1.82) is 0 Å². The van der Waals surface area contributed by atoms with Gasteiger partial charge in [0.05, 0.1) is 11.6 Å². The second-order valence-electron chi connectivity index (χ2n) is 6.20. The summed E-state index contributed by atoms with van der Waals surface area (Å²) in [7, 11) is 1.68. The SMILES string of the molecule is COc1ccc(C(C)(C)CNCC2(N)CC2)cc1Br. The maximum Gasteiger partial charge on any atom is 0.133 e. The van der Waals surface area contributed by atoms with E-state index in [4.69, 9.17) is 10.5 Å². The minimum Gasteiger partial charge on any atom is -0.496 e. The van der Waals surface area contributed by atoms with E-state index in [0.717, 1.165) is 36.2 Å². The van der Waals surface area contributed by atoms with E-state index >= 15 is 0 Å². The molecule has 1 aliphatic rings. The van der Waals surface area contributed by atoms with Gasteiger partial charge in [0.1, 0.15) is 5.75 Å². The highest BCUT2D eigenvalue weighted by molar-refractivity contribution is 9.10. The Bertz CT molecular complexity index is 455. The minimum atomic E-state index is 0.0660. The van der Waals surface area contributed by atoms with E-state index in [1.54, 1.807) is 7.11 Å². The van der Waals surface area contributed by atoms with Crippen LogP contribution in [0.4, 0.5) is 0 Å². The Balaban J connectivity index is 1.99. The van der Waals surface area contributed by atoms with E-state index in [0.29, 0.717) is 0 Å². The molecule has 0 radical (unpaired) electrons. The lowest BCUT2D eigenvalue weighted by Crippen LogP contribution is -2.41. The molecule has 0 spiro atoms. The number of hydrogen-bond acceptors (Lipinski definition) is 3. The maximum atomic E-state index is 6.09. The highest BCUT2D eigenvalue weighted by atomic mass is 79.9. The second kappa shape index (κ2) is 5.43. The van der Waals surface area contributed by atoms with Crippen molar-refractivity contribution >= 4 is 15.9 Å². The molecule has 1 fully saturated rings. The molecule has 0 amide bonds. The lowest BCUT2D eigenvalue weighted by molar-refractivity contribution is 0.410. The van der Waals surface area contributed by atoms with Crippen molar-refractivity contribution in [3.8, 4) is 5.75 Å². The number of rotatable bonds is 6. The number of halogens is 1. The average molecular weight is 327 g/mol. The summed E-state index contributed by atoms with van der Waals surface area (Å²) in [5.41, 5.74) is 7.51. The first-order valence-corrected chi connectivity index (χ1v) is 7.49. The summed E-state index contributed by atoms with van der Waals surface area (Å²) in [6, 6.07) is 6.27. The zero-order valence-corrected chi connectivity index (χ0v) is 13.5. The number of methoxy groups -OCH3 is 1. The average Bonchev–Trinajstić information content (AvgIpc) is 3.07. The van der Waals surface area contributed by atoms with Gasteiger partial charge < -0.3 is 15.8 Å². The van der Waals surface area contributed by atoms with Gasteiger partial charge in [-0.05, 0) is 46.5 Å². The Labute approximate surface area is 124 Å². The second-order valence-corrected chi connectivity index (χ2v) is 7.05. The largest absolute Gasteiger partial charge is 0.496 e. The molecule has 1 aliphatic carbocycles. The Kier molecular flexibility index (Phi) is 4.23. The monoisotopic (exact) mass is 326 g/mol. The number of nitrogens with two attached hydrogens (primary N) is 1. The molecule has 1 aromatic rings. The number of nitrogens with one attached hydrogen (secondary N) is 1. The molecule has 0 heterocycles. The summed E-state index contributed by atoms with van der Waals surface area (Å²) in [5.74, 6) is 0.867. The van der Waals surface area contributed by atoms with Gasteiger partial charge in [0.2, 0.25) is 0 Å². The molecule has 0 atom stereocenters. The predicted molar refractivity (Wildman–Crippen MR) is 82.7 cm³/mol.